The number of nitriles is 1. The Morgan fingerprint density at radius 1 is 1.33 bits per heavy atom. The zero-order valence-corrected chi connectivity index (χ0v) is 10.5. The summed E-state index contributed by atoms with van der Waals surface area (Å²) >= 11 is 0. The number of nitrogens with zero attached hydrogens (tertiary/aromatic N) is 2. The standard InChI is InChI=1S/C14H17N3O/c1-11-14(18)17(9-3-2-8-16-11)13-6-4-12(10-15)5-7-13/h4-7,11,16H,2-3,8-9H2,1H3. The Morgan fingerprint density at radius 3 is 2.72 bits per heavy atom. The molecule has 94 valence electrons. The van der Waals surface area contributed by atoms with Gasteiger partial charge in [0.1, 0.15) is 0 Å². The van der Waals surface area contributed by atoms with Crippen molar-refractivity contribution in [1.29, 1.82) is 5.26 Å². The minimum atomic E-state index is -0.152. The summed E-state index contributed by atoms with van der Waals surface area (Å²) in [6.07, 6.45) is 2.07. The Kier molecular flexibility index (Phi) is 3.96. The van der Waals surface area contributed by atoms with Crippen molar-refractivity contribution < 1.29 is 4.79 Å². The predicted octanol–water partition coefficient (Wildman–Crippen LogP) is 1.66. The molecule has 1 atom stereocenters. The van der Waals surface area contributed by atoms with Crippen molar-refractivity contribution in [2.24, 2.45) is 0 Å². The molecule has 1 unspecified atom stereocenters. The molecule has 2 rings (SSSR count). The fourth-order valence-electron chi connectivity index (χ4n) is 2.12. The molecular formula is C14H17N3O. The van der Waals surface area contributed by atoms with Crippen LogP contribution < -0.4 is 10.2 Å². The van der Waals surface area contributed by atoms with E-state index in [1.165, 1.54) is 0 Å². The second-order valence-electron chi connectivity index (χ2n) is 4.53. The van der Waals surface area contributed by atoms with Gasteiger partial charge in [0.15, 0.2) is 0 Å². The largest absolute Gasteiger partial charge is 0.311 e. The third kappa shape index (κ3) is 2.69. The summed E-state index contributed by atoms with van der Waals surface area (Å²) in [4.78, 5) is 14.1. The molecule has 1 aromatic rings. The van der Waals surface area contributed by atoms with Crippen LogP contribution >= 0.6 is 0 Å². The van der Waals surface area contributed by atoms with Crippen molar-refractivity contribution in [3.05, 3.63) is 29.8 Å². The SMILES string of the molecule is CC1NCCCCN(c2ccc(C#N)cc2)C1=O. The van der Waals surface area contributed by atoms with E-state index in [-0.39, 0.29) is 11.9 Å². The summed E-state index contributed by atoms with van der Waals surface area (Å²) < 4.78 is 0. The normalized spacial score (nSPS) is 21.0. The molecule has 1 amide bonds. The summed E-state index contributed by atoms with van der Waals surface area (Å²) in [5, 5.41) is 12.0. The molecule has 1 fully saturated rings. The van der Waals surface area contributed by atoms with Crippen molar-refractivity contribution in [2.75, 3.05) is 18.0 Å². The smallest absolute Gasteiger partial charge is 0.243 e. The first-order valence-electron chi connectivity index (χ1n) is 6.27. The highest BCUT2D eigenvalue weighted by Gasteiger charge is 2.22. The molecule has 1 N–H and O–H groups in total. The molecular weight excluding hydrogens is 226 g/mol. The molecule has 0 spiro atoms. The lowest BCUT2D eigenvalue weighted by Crippen LogP contribution is -2.47. The highest BCUT2D eigenvalue weighted by atomic mass is 16.2. The van der Waals surface area contributed by atoms with Crippen LogP contribution in [0.5, 0.6) is 0 Å². The zero-order valence-electron chi connectivity index (χ0n) is 10.5. The molecule has 18 heavy (non-hydrogen) atoms. The van der Waals surface area contributed by atoms with E-state index in [2.05, 4.69) is 11.4 Å². The first kappa shape index (κ1) is 12.6. The Bertz CT molecular complexity index is 461. The van der Waals surface area contributed by atoms with Gasteiger partial charge in [-0.3, -0.25) is 4.79 Å². The Morgan fingerprint density at radius 2 is 2.06 bits per heavy atom. The minimum Gasteiger partial charge on any atom is -0.311 e. The monoisotopic (exact) mass is 243 g/mol. The molecule has 1 heterocycles. The lowest BCUT2D eigenvalue weighted by Gasteiger charge is -2.28. The summed E-state index contributed by atoms with van der Waals surface area (Å²) in [7, 11) is 0. The first-order chi connectivity index (χ1) is 8.72. The number of anilines is 1. The van der Waals surface area contributed by atoms with Crippen LogP contribution in [0.25, 0.3) is 0 Å². The highest BCUT2D eigenvalue weighted by Crippen LogP contribution is 2.18. The van der Waals surface area contributed by atoms with Crippen LogP contribution in [-0.4, -0.2) is 25.0 Å². The molecule has 0 radical (unpaired) electrons. The van der Waals surface area contributed by atoms with Gasteiger partial charge in [0.2, 0.25) is 5.91 Å². The minimum absolute atomic E-state index is 0.0967. The first-order valence-corrected chi connectivity index (χ1v) is 6.27. The van der Waals surface area contributed by atoms with Gasteiger partial charge >= 0.3 is 0 Å². The van der Waals surface area contributed by atoms with Crippen LogP contribution in [0.1, 0.15) is 25.3 Å². The van der Waals surface area contributed by atoms with Gasteiger partial charge in [-0.15, -0.1) is 0 Å². The van der Waals surface area contributed by atoms with Gasteiger partial charge < -0.3 is 10.2 Å². The maximum atomic E-state index is 12.3. The number of carbonyl (C=O) groups is 1. The molecule has 0 aromatic heterocycles. The number of rotatable bonds is 1. The fourth-order valence-corrected chi connectivity index (χ4v) is 2.12. The Labute approximate surface area is 107 Å². The van der Waals surface area contributed by atoms with Crippen LogP contribution in [-0.2, 0) is 4.79 Å². The van der Waals surface area contributed by atoms with E-state index in [4.69, 9.17) is 5.26 Å². The van der Waals surface area contributed by atoms with E-state index in [1.807, 2.05) is 19.1 Å². The topological polar surface area (TPSA) is 56.1 Å². The van der Waals surface area contributed by atoms with Gasteiger partial charge in [0.25, 0.3) is 0 Å². The Balaban J connectivity index is 2.22. The van der Waals surface area contributed by atoms with Crippen LogP contribution in [0.2, 0.25) is 0 Å². The van der Waals surface area contributed by atoms with Crippen LogP contribution in [0, 0.1) is 11.3 Å². The fraction of sp³-hybridized carbons (Fsp3) is 0.429. The van der Waals surface area contributed by atoms with Crippen LogP contribution in [0.15, 0.2) is 24.3 Å². The van der Waals surface area contributed by atoms with Crippen LogP contribution in [0.3, 0.4) is 0 Å². The molecule has 0 saturated carbocycles. The average Bonchev–Trinajstić information content (AvgIpc) is 2.40. The predicted molar refractivity (Wildman–Crippen MR) is 70.2 cm³/mol. The molecule has 0 bridgehead atoms. The van der Waals surface area contributed by atoms with Gasteiger partial charge in [-0.1, -0.05) is 0 Å². The molecule has 0 aliphatic carbocycles. The second kappa shape index (κ2) is 5.65. The van der Waals surface area contributed by atoms with E-state index < -0.39 is 0 Å². The maximum Gasteiger partial charge on any atom is 0.243 e. The Hall–Kier alpha value is -1.86. The third-order valence-electron chi connectivity index (χ3n) is 3.20. The van der Waals surface area contributed by atoms with E-state index in [0.717, 1.165) is 31.6 Å². The summed E-state index contributed by atoms with van der Waals surface area (Å²) in [5.41, 5.74) is 1.49. The summed E-state index contributed by atoms with van der Waals surface area (Å²) in [6, 6.07) is 9.11. The van der Waals surface area contributed by atoms with Gasteiger partial charge in [0.05, 0.1) is 17.7 Å². The number of hydrogen-bond donors (Lipinski definition) is 1. The van der Waals surface area contributed by atoms with E-state index in [0.29, 0.717) is 5.56 Å². The number of carbonyl (C=O) groups excluding carboxylic acids is 1. The van der Waals surface area contributed by atoms with Gasteiger partial charge in [0, 0.05) is 12.2 Å². The lowest BCUT2D eigenvalue weighted by atomic mass is 10.1. The molecule has 1 aliphatic rings. The van der Waals surface area contributed by atoms with Crippen molar-refractivity contribution in [2.45, 2.75) is 25.8 Å². The van der Waals surface area contributed by atoms with Crippen molar-refractivity contribution in [3.8, 4) is 6.07 Å². The molecule has 1 saturated heterocycles. The van der Waals surface area contributed by atoms with Crippen molar-refractivity contribution in [3.63, 3.8) is 0 Å². The molecule has 1 aromatic carbocycles. The van der Waals surface area contributed by atoms with Gasteiger partial charge in [-0.25, -0.2) is 0 Å². The maximum absolute atomic E-state index is 12.3. The summed E-state index contributed by atoms with van der Waals surface area (Å²) in [5.74, 6) is 0.0967. The van der Waals surface area contributed by atoms with E-state index in [9.17, 15) is 4.79 Å². The average molecular weight is 243 g/mol. The number of hydrogen-bond acceptors (Lipinski definition) is 3. The van der Waals surface area contributed by atoms with Crippen LogP contribution in [0.4, 0.5) is 5.69 Å². The third-order valence-corrected chi connectivity index (χ3v) is 3.20. The van der Waals surface area contributed by atoms with E-state index >= 15 is 0 Å². The molecule has 4 nitrogen and oxygen atoms in total. The highest BCUT2D eigenvalue weighted by molar-refractivity contribution is 5.97. The number of nitrogens with one attached hydrogen (secondary N) is 1. The van der Waals surface area contributed by atoms with Crippen molar-refractivity contribution >= 4 is 11.6 Å². The lowest BCUT2D eigenvalue weighted by molar-refractivity contribution is -0.120. The quantitative estimate of drug-likeness (QED) is 0.816. The van der Waals surface area contributed by atoms with E-state index in [1.54, 1.807) is 17.0 Å². The van der Waals surface area contributed by atoms with Crippen molar-refractivity contribution in [1.82, 2.24) is 5.32 Å². The summed E-state index contributed by atoms with van der Waals surface area (Å²) in [6.45, 7) is 3.54. The second-order valence-corrected chi connectivity index (χ2v) is 4.53. The van der Waals surface area contributed by atoms with Gasteiger partial charge in [-0.05, 0) is 50.6 Å². The number of amides is 1. The number of benzene rings is 1. The zero-order chi connectivity index (χ0) is 13.0. The molecule has 4 heteroatoms. The van der Waals surface area contributed by atoms with Gasteiger partial charge in [-0.2, -0.15) is 5.26 Å². The molecule has 1 aliphatic heterocycles.